The number of rotatable bonds is 4. The number of nitrogens with zero attached hydrogens (tertiary/aromatic N) is 4. The third kappa shape index (κ3) is 7.47. The highest BCUT2D eigenvalue weighted by molar-refractivity contribution is 5.62. The lowest BCUT2D eigenvalue weighted by Gasteiger charge is -2.27. The minimum atomic E-state index is -4.41. The fourth-order valence-corrected chi connectivity index (χ4v) is 4.04. The highest BCUT2D eigenvalue weighted by Crippen LogP contribution is 2.30. The Morgan fingerprint density at radius 2 is 1.74 bits per heavy atom. The molecule has 0 amide bonds. The molecule has 3 heterocycles. The van der Waals surface area contributed by atoms with E-state index in [1.807, 2.05) is 18.5 Å². The van der Waals surface area contributed by atoms with Gasteiger partial charge in [-0.3, -0.25) is 9.08 Å². The molecular weight excluding hydrogens is 451 g/mol. The molecule has 0 bridgehead atoms. The highest BCUT2D eigenvalue weighted by Gasteiger charge is 2.34. The number of allylic oxidation sites excluding steroid dienone is 1. The Labute approximate surface area is 206 Å². The van der Waals surface area contributed by atoms with Crippen molar-refractivity contribution in [1.82, 2.24) is 19.2 Å². The second-order valence-electron chi connectivity index (χ2n) is 9.35. The number of fused-ring (bicyclic) bond motifs is 1. The number of aromatic nitrogens is 4. The van der Waals surface area contributed by atoms with Crippen LogP contribution in [0.5, 0.6) is 0 Å². The maximum absolute atomic E-state index is 12.8. The van der Waals surface area contributed by atoms with Crippen LogP contribution in [0.15, 0.2) is 50.3 Å². The van der Waals surface area contributed by atoms with Gasteiger partial charge in [0.05, 0.1) is 5.69 Å². The lowest BCUT2D eigenvalue weighted by molar-refractivity contribution is -0.140. The Balaban J connectivity index is 0.000000263. The molecule has 0 saturated heterocycles. The van der Waals surface area contributed by atoms with Gasteiger partial charge in [-0.1, -0.05) is 19.6 Å². The van der Waals surface area contributed by atoms with Gasteiger partial charge in [0.25, 0.3) is 0 Å². The SMILES string of the molecule is C=C.C=C(C)c1cn(C(C)C)nc1C.CC1CCC(Nc2cccc3nc(C(F)(F)F)cn23)CC1. The highest BCUT2D eigenvalue weighted by atomic mass is 19.4. The largest absolute Gasteiger partial charge is 0.434 e. The van der Waals surface area contributed by atoms with E-state index >= 15 is 0 Å². The lowest BCUT2D eigenvalue weighted by Crippen LogP contribution is -2.26. The molecule has 0 aromatic carbocycles. The van der Waals surface area contributed by atoms with Crippen LogP contribution in [-0.2, 0) is 6.18 Å². The van der Waals surface area contributed by atoms with Crippen LogP contribution in [0.1, 0.15) is 76.4 Å². The van der Waals surface area contributed by atoms with Crippen LogP contribution in [0.25, 0.3) is 11.2 Å². The number of imidazole rings is 1. The van der Waals surface area contributed by atoms with Gasteiger partial charge in [0.2, 0.25) is 0 Å². The monoisotopic (exact) mass is 489 g/mol. The Bertz CT molecular complexity index is 1100. The van der Waals surface area contributed by atoms with E-state index in [1.165, 1.54) is 9.96 Å². The zero-order valence-corrected chi connectivity index (χ0v) is 21.5. The average Bonchev–Trinajstić information content (AvgIpc) is 3.42. The van der Waals surface area contributed by atoms with Crippen molar-refractivity contribution in [1.29, 1.82) is 0 Å². The van der Waals surface area contributed by atoms with Crippen molar-refractivity contribution < 1.29 is 13.2 Å². The lowest BCUT2D eigenvalue weighted by atomic mass is 9.87. The maximum Gasteiger partial charge on any atom is 0.434 e. The van der Waals surface area contributed by atoms with Gasteiger partial charge in [0.15, 0.2) is 5.69 Å². The molecule has 5 nitrogen and oxygen atoms in total. The van der Waals surface area contributed by atoms with Crippen molar-refractivity contribution in [3.8, 4) is 0 Å². The fourth-order valence-electron chi connectivity index (χ4n) is 4.04. The summed E-state index contributed by atoms with van der Waals surface area (Å²) in [6.07, 6.45) is 3.13. The van der Waals surface area contributed by atoms with Crippen molar-refractivity contribution in [3.63, 3.8) is 0 Å². The van der Waals surface area contributed by atoms with E-state index in [0.717, 1.165) is 49.1 Å². The summed E-state index contributed by atoms with van der Waals surface area (Å²) in [6, 6.07) is 5.87. The quantitative estimate of drug-likeness (QED) is 0.378. The van der Waals surface area contributed by atoms with Crippen LogP contribution in [0.3, 0.4) is 0 Å². The van der Waals surface area contributed by atoms with Gasteiger partial charge in [-0.15, -0.1) is 13.2 Å². The molecule has 1 aliphatic rings. The van der Waals surface area contributed by atoms with Crippen molar-refractivity contribution in [2.75, 3.05) is 5.32 Å². The van der Waals surface area contributed by atoms with Gasteiger partial charge in [-0.05, 0) is 77.0 Å². The predicted octanol–water partition coefficient (Wildman–Crippen LogP) is 7.95. The summed E-state index contributed by atoms with van der Waals surface area (Å²) in [5.74, 6) is 1.42. The van der Waals surface area contributed by atoms with Crippen molar-refractivity contribution in [2.45, 2.75) is 78.6 Å². The van der Waals surface area contributed by atoms with Crippen LogP contribution < -0.4 is 5.32 Å². The van der Waals surface area contributed by atoms with E-state index in [2.05, 4.69) is 62.1 Å². The van der Waals surface area contributed by atoms with E-state index in [1.54, 1.807) is 18.2 Å². The van der Waals surface area contributed by atoms with Gasteiger partial charge >= 0.3 is 6.18 Å². The second kappa shape index (κ2) is 12.1. The first kappa shape index (κ1) is 28.2. The molecule has 0 spiro atoms. The van der Waals surface area contributed by atoms with Crippen LogP contribution >= 0.6 is 0 Å². The summed E-state index contributed by atoms with van der Waals surface area (Å²) in [6.45, 7) is 20.4. The Morgan fingerprint density at radius 3 is 2.23 bits per heavy atom. The van der Waals surface area contributed by atoms with Gasteiger partial charge < -0.3 is 5.32 Å². The van der Waals surface area contributed by atoms with E-state index in [0.29, 0.717) is 23.5 Å². The Kier molecular flexibility index (Phi) is 9.74. The van der Waals surface area contributed by atoms with Gasteiger partial charge in [-0.25, -0.2) is 4.98 Å². The molecule has 1 N–H and O–H groups in total. The second-order valence-corrected chi connectivity index (χ2v) is 9.35. The summed E-state index contributed by atoms with van der Waals surface area (Å²) in [4.78, 5) is 3.65. The van der Waals surface area contributed by atoms with Gasteiger partial charge in [0.1, 0.15) is 11.5 Å². The number of alkyl halides is 3. The minimum Gasteiger partial charge on any atom is -0.368 e. The standard InChI is InChI=1S/C15H18F3N3.C10H16N2.C2H4/c1-10-5-7-11(8-6-10)19-13-3-2-4-14-20-12(9-21(13)14)15(16,17)18;1-7(2)10-6-12(8(3)4)11-9(10)5;1-2/h2-4,9-11,19H,5-8H2,1H3;6,8H,1H2,2-5H3;1-2H2. The Morgan fingerprint density at radius 1 is 1.11 bits per heavy atom. The predicted molar refractivity (Wildman–Crippen MR) is 139 cm³/mol. The van der Waals surface area contributed by atoms with E-state index in [9.17, 15) is 13.2 Å². The molecule has 4 rings (SSSR count). The number of aryl methyl sites for hydroxylation is 1. The molecule has 0 atom stereocenters. The minimum absolute atomic E-state index is 0.316. The van der Waals surface area contributed by atoms with E-state index in [-0.39, 0.29) is 0 Å². The third-order valence-corrected chi connectivity index (χ3v) is 6.06. The average molecular weight is 490 g/mol. The summed E-state index contributed by atoms with van der Waals surface area (Å²) < 4.78 is 41.7. The maximum atomic E-state index is 12.8. The number of pyridine rings is 1. The van der Waals surface area contributed by atoms with Crippen molar-refractivity contribution >= 4 is 17.0 Å². The van der Waals surface area contributed by atoms with Crippen molar-refractivity contribution in [2.24, 2.45) is 5.92 Å². The third-order valence-electron chi connectivity index (χ3n) is 6.06. The smallest absolute Gasteiger partial charge is 0.368 e. The van der Waals surface area contributed by atoms with Gasteiger partial charge in [-0.2, -0.15) is 18.3 Å². The first-order valence-electron chi connectivity index (χ1n) is 12.0. The topological polar surface area (TPSA) is 47.2 Å². The first-order chi connectivity index (χ1) is 16.5. The molecule has 0 aliphatic heterocycles. The normalized spacial score (nSPS) is 17.9. The summed E-state index contributed by atoms with van der Waals surface area (Å²) >= 11 is 0. The molecule has 1 fully saturated rings. The molecule has 0 unspecified atom stereocenters. The number of halogens is 3. The Hall–Kier alpha value is -3.03. The summed E-state index contributed by atoms with van der Waals surface area (Å²) in [5, 5.41) is 7.75. The van der Waals surface area contributed by atoms with Crippen LogP contribution in [0.4, 0.5) is 19.0 Å². The van der Waals surface area contributed by atoms with Crippen molar-refractivity contribution in [3.05, 3.63) is 67.3 Å². The van der Waals surface area contributed by atoms with E-state index < -0.39 is 11.9 Å². The number of nitrogens with one attached hydrogen (secondary N) is 1. The number of anilines is 1. The van der Waals surface area contributed by atoms with Crippen LogP contribution in [-0.4, -0.2) is 25.2 Å². The summed E-state index contributed by atoms with van der Waals surface area (Å²) in [5.41, 5.74) is 2.78. The van der Waals surface area contributed by atoms with Gasteiger partial charge in [0, 0.05) is 30.0 Å². The molecule has 192 valence electrons. The fraction of sp³-hybridized carbons (Fsp3) is 0.481. The van der Waals surface area contributed by atoms with Crippen LogP contribution in [0.2, 0.25) is 0 Å². The molecule has 35 heavy (non-hydrogen) atoms. The molecule has 3 aromatic rings. The number of hydrogen-bond donors (Lipinski definition) is 1. The molecule has 1 aliphatic carbocycles. The molecule has 8 heteroatoms. The van der Waals surface area contributed by atoms with E-state index in [4.69, 9.17) is 0 Å². The zero-order valence-electron chi connectivity index (χ0n) is 21.5. The molecule has 3 aromatic heterocycles. The first-order valence-corrected chi connectivity index (χ1v) is 12.0. The molecule has 1 saturated carbocycles. The number of hydrogen-bond acceptors (Lipinski definition) is 3. The molecule has 0 radical (unpaired) electrons. The summed E-state index contributed by atoms with van der Waals surface area (Å²) in [7, 11) is 0. The zero-order chi connectivity index (χ0) is 26.3. The molecular formula is C27H38F3N5. The van der Waals surface area contributed by atoms with Crippen LogP contribution in [0, 0.1) is 12.8 Å².